The molecule has 0 spiro atoms. The Kier molecular flexibility index (Phi) is 4.88. The normalized spacial score (nSPS) is 17.8. The highest BCUT2D eigenvalue weighted by molar-refractivity contribution is 9.10. The summed E-state index contributed by atoms with van der Waals surface area (Å²) < 4.78 is 0.969. The topological polar surface area (TPSA) is 62.5 Å². The summed E-state index contributed by atoms with van der Waals surface area (Å²) in [5.41, 5.74) is 5.86. The number of rotatable bonds is 2. The molecule has 1 saturated heterocycles. The Hall–Kier alpha value is -1.14. The molecule has 5 nitrogen and oxygen atoms in total. The summed E-state index contributed by atoms with van der Waals surface area (Å²) in [5.74, 6) is 0.997. The van der Waals surface area contributed by atoms with Crippen LogP contribution in [0.4, 0.5) is 5.82 Å². The molecule has 1 fully saturated rings. The number of carbonyl (C=O) groups excluding carboxylic acids is 1. The fourth-order valence-electron chi connectivity index (χ4n) is 2.28. The highest BCUT2D eigenvalue weighted by atomic mass is 79.9. The first-order valence-electron chi connectivity index (χ1n) is 7.20. The molecule has 1 aliphatic rings. The van der Waals surface area contributed by atoms with Gasteiger partial charge in [0.2, 0.25) is 5.91 Å². The maximum atomic E-state index is 12.4. The highest BCUT2D eigenvalue weighted by Gasteiger charge is 2.32. The van der Waals surface area contributed by atoms with Crippen molar-refractivity contribution in [1.29, 1.82) is 0 Å². The van der Waals surface area contributed by atoms with Gasteiger partial charge in [0.1, 0.15) is 5.82 Å². The predicted octanol–water partition coefficient (Wildman–Crippen LogP) is 1.87. The molecule has 1 aromatic rings. The lowest BCUT2D eigenvalue weighted by atomic mass is 9.86. The molecule has 2 N–H and O–H groups in total. The van der Waals surface area contributed by atoms with Crippen LogP contribution >= 0.6 is 15.9 Å². The maximum absolute atomic E-state index is 12.4. The number of hydrogen-bond donors (Lipinski definition) is 1. The minimum absolute atomic E-state index is 0.0471. The number of halogens is 1. The Labute approximate surface area is 134 Å². The SMILES string of the molecule is CC(C)(C)C(N)C(=O)N1CCN(c2ccc(Br)cn2)CC1. The summed E-state index contributed by atoms with van der Waals surface area (Å²) in [7, 11) is 0. The minimum atomic E-state index is -0.449. The molecule has 21 heavy (non-hydrogen) atoms. The van der Waals surface area contributed by atoms with Crippen molar-refractivity contribution in [2.24, 2.45) is 11.1 Å². The van der Waals surface area contributed by atoms with E-state index < -0.39 is 6.04 Å². The summed E-state index contributed by atoms with van der Waals surface area (Å²) in [5, 5.41) is 0. The second kappa shape index (κ2) is 6.32. The monoisotopic (exact) mass is 354 g/mol. The summed E-state index contributed by atoms with van der Waals surface area (Å²) >= 11 is 3.38. The number of piperazine rings is 1. The number of hydrogen-bond acceptors (Lipinski definition) is 4. The van der Waals surface area contributed by atoms with Crippen molar-refractivity contribution in [3.05, 3.63) is 22.8 Å². The van der Waals surface area contributed by atoms with Gasteiger partial charge in [-0.3, -0.25) is 4.79 Å². The van der Waals surface area contributed by atoms with Crippen molar-refractivity contribution < 1.29 is 4.79 Å². The standard InChI is InChI=1S/C15H23BrN4O/c1-15(2,3)13(17)14(21)20-8-6-19(7-9-20)12-5-4-11(16)10-18-12/h4-5,10,13H,6-9,17H2,1-3H3. The molecule has 0 aliphatic carbocycles. The molecular formula is C15H23BrN4O. The van der Waals surface area contributed by atoms with Crippen LogP contribution in [0, 0.1) is 5.41 Å². The fraction of sp³-hybridized carbons (Fsp3) is 0.600. The van der Waals surface area contributed by atoms with Crippen LogP contribution in [0.1, 0.15) is 20.8 Å². The lowest BCUT2D eigenvalue weighted by Gasteiger charge is -2.38. The fourth-order valence-corrected chi connectivity index (χ4v) is 2.51. The van der Waals surface area contributed by atoms with Gasteiger partial charge in [-0.15, -0.1) is 0 Å². The predicted molar refractivity (Wildman–Crippen MR) is 88.2 cm³/mol. The van der Waals surface area contributed by atoms with E-state index in [0.717, 1.165) is 23.4 Å². The zero-order chi connectivity index (χ0) is 15.6. The zero-order valence-corrected chi connectivity index (χ0v) is 14.4. The van der Waals surface area contributed by atoms with Gasteiger partial charge >= 0.3 is 0 Å². The third-order valence-electron chi connectivity index (χ3n) is 3.83. The molecule has 1 unspecified atom stereocenters. The Bertz CT molecular complexity index is 489. The number of amides is 1. The molecule has 1 amide bonds. The summed E-state index contributed by atoms with van der Waals surface area (Å²) in [6, 6.07) is 3.52. The third kappa shape index (κ3) is 3.95. The highest BCUT2D eigenvalue weighted by Crippen LogP contribution is 2.21. The summed E-state index contributed by atoms with van der Waals surface area (Å²) in [4.78, 5) is 20.8. The average molecular weight is 355 g/mol. The van der Waals surface area contributed by atoms with Gasteiger partial charge in [-0.2, -0.15) is 0 Å². The Morgan fingerprint density at radius 1 is 1.29 bits per heavy atom. The molecule has 1 atom stereocenters. The largest absolute Gasteiger partial charge is 0.353 e. The van der Waals surface area contributed by atoms with E-state index in [1.807, 2.05) is 37.8 Å². The quantitative estimate of drug-likeness (QED) is 0.880. The number of aromatic nitrogens is 1. The molecule has 2 rings (SSSR count). The Balaban J connectivity index is 1.94. The van der Waals surface area contributed by atoms with Crippen LogP contribution in [0.2, 0.25) is 0 Å². The van der Waals surface area contributed by atoms with Crippen molar-refractivity contribution in [3.63, 3.8) is 0 Å². The molecule has 0 bridgehead atoms. The lowest BCUT2D eigenvalue weighted by Crippen LogP contribution is -2.56. The first kappa shape index (κ1) is 16.2. The van der Waals surface area contributed by atoms with Gasteiger partial charge in [0.25, 0.3) is 0 Å². The number of pyridine rings is 1. The van der Waals surface area contributed by atoms with Gasteiger partial charge in [-0.1, -0.05) is 20.8 Å². The van der Waals surface area contributed by atoms with Crippen LogP contribution in [0.25, 0.3) is 0 Å². The van der Waals surface area contributed by atoms with Crippen LogP contribution in [0.5, 0.6) is 0 Å². The van der Waals surface area contributed by atoms with E-state index >= 15 is 0 Å². The van der Waals surface area contributed by atoms with Crippen molar-refractivity contribution in [2.75, 3.05) is 31.1 Å². The van der Waals surface area contributed by atoms with E-state index in [-0.39, 0.29) is 11.3 Å². The third-order valence-corrected chi connectivity index (χ3v) is 4.30. The maximum Gasteiger partial charge on any atom is 0.240 e. The van der Waals surface area contributed by atoms with Gasteiger partial charge in [0.05, 0.1) is 6.04 Å². The molecular weight excluding hydrogens is 332 g/mol. The van der Waals surface area contributed by atoms with E-state index in [1.54, 1.807) is 6.20 Å². The van der Waals surface area contributed by atoms with E-state index in [0.29, 0.717) is 13.1 Å². The van der Waals surface area contributed by atoms with Gasteiger partial charge in [-0.25, -0.2) is 4.98 Å². The number of nitrogens with zero attached hydrogens (tertiary/aromatic N) is 3. The van der Waals surface area contributed by atoms with Crippen LogP contribution < -0.4 is 10.6 Å². The van der Waals surface area contributed by atoms with Crippen LogP contribution in [-0.4, -0.2) is 48.0 Å². The van der Waals surface area contributed by atoms with Gasteiger partial charge < -0.3 is 15.5 Å². The molecule has 1 aromatic heterocycles. The zero-order valence-electron chi connectivity index (χ0n) is 12.8. The second-order valence-corrected chi connectivity index (χ2v) is 7.41. The van der Waals surface area contributed by atoms with Gasteiger partial charge in [-0.05, 0) is 33.5 Å². The van der Waals surface area contributed by atoms with Crippen molar-refractivity contribution >= 4 is 27.7 Å². The molecule has 0 radical (unpaired) electrons. The molecule has 6 heteroatoms. The minimum Gasteiger partial charge on any atom is -0.353 e. The van der Waals surface area contributed by atoms with E-state index in [4.69, 9.17) is 5.73 Å². The van der Waals surface area contributed by atoms with E-state index in [1.165, 1.54) is 0 Å². The average Bonchev–Trinajstić information content (AvgIpc) is 2.46. The van der Waals surface area contributed by atoms with Crippen molar-refractivity contribution in [1.82, 2.24) is 9.88 Å². The summed E-state index contributed by atoms with van der Waals surface area (Å²) in [6.07, 6.45) is 1.79. The van der Waals surface area contributed by atoms with Crippen molar-refractivity contribution in [2.45, 2.75) is 26.8 Å². The number of anilines is 1. The second-order valence-electron chi connectivity index (χ2n) is 6.49. The van der Waals surface area contributed by atoms with Crippen LogP contribution in [0.15, 0.2) is 22.8 Å². The molecule has 116 valence electrons. The number of nitrogens with two attached hydrogens (primary N) is 1. The van der Waals surface area contributed by atoms with E-state index in [2.05, 4.69) is 25.8 Å². The van der Waals surface area contributed by atoms with Crippen LogP contribution in [0.3, 0.4) is 0 Å². The first-order chi connectivity index (χ1) is 9.79. The molecule has 0 aromatic carbocycles. The van der Waals surface area contributed by atoms with Gasteiger partial charge in [0, 0.05) is 36.8 Å². The Morgan fingerprint density at radius 2 is 1.90 bits per heavy atom. The smallest absolute Gasteiger partial charge is 0.240 e. The van der Waals surface area contributed by atoms with Gasteiger partial charge in [0.15, 0.2) is 0 Å². The lowest BCUT2D eigenvalue weighted by molar-refractivity contribution is -0.135. The molecule has 2 heterocycles. The Morgan fingerprint density at radius 3 is 2.38 bits per heavy atom. The van der Waals surface area contributed by atoms with Crippen LogP contribution in [-0.2, 0) is 4.79 Å². The van der Waals surface area contributed by atoms with E-state index in [9.17, 15) is 4.79 Å². The molecule has 1 aliphatic heterocycles. The first-order valence-corrected chi connectivity index (χ1v) is 7.99. The number of carbonyl (C=O) groups is 1. The van der Waals surface area contributed by atoms with Crippen molar-refractivity contribution in [3.8, 4) is 0 Å². The summed E-state index contributed by atoms with van der Waals surface area (Å²) in [6.45, 7) is 8.96. The molecule has 0 saturated carbocycles.